The molecule has 1 N–H and O–H groups in total. The Morgan fingerprint density at radius 2 is 2.00 bits per heavy atom. The molecule has 0 radical (unpaired) electrons. The van der Waals surface area contributed by atoms with Gasteiger partial charge in [0.1, 0.15) is 12.4 Å². The van der Waals surface area contributed by atoms with E-state index in [9.17, 15) is 4.79 Å². The molecule has 0 aliphatic carbocycles. The second kappa shape index (κ2) is 8.17. The van der Waals surface area contributed by atoms with Crippen LogP contribution < -0.4 is 5.32 Å². The SMILES string of the molecule is CCN(CCOC)CCc1ccc2c(c1)COC2=C1C(=O)Nc2ccccc21. The van der Waals surface area contributed by atoms with Gasteiger partial charge >= 0.3 is 0 Å². The second-order valence-corrected chi connectivity index (χ2v) is 7.16. The fourth-order valence-electron chi connectivity index (χ4n) is 3.86. The third kappa shape index (κ3) is 3.55. The fourth-order valence-corrected chi connectivity index (χ4v) is 3.86. The number of nitrogens with one attached hydrogen (secondary N) is 1. The average Bonchev–Trinajstić information content (AvgIpc) is 3.27. The maximum absolute atomic E-state index is 12.5. The first-order chi connectivity index (χ1) is 13.7. The van der Waals surface area contributed by atoms with Gasteiger partial charge in [-0.05, 0) is 24.6 Å². The molecule has 5 heteroatoms. The van der Waals surface area contributed by atoms with E-state index in [0.717, 1.165) is 55.0 Å². The van der Waals surface area contributed by atoms with Crippen molar-refractivity contribution in [2.24, 2.45) is 0 Å². The van der Waals surface area contributed by atoms with Crippen molar-refractivity contribution in [2.75, 3.05) is 38.7 Å². The van der Waals surface area contributed by atoms with Crippen LogP contribution in [0.25, 0.3) is 11.3 Å². The molecule has 2 aromatic rings. The van der Waals surface area contributed by atoms with E-state index in [1.807, 2.05) is 24.3 Å². The molecule has 0 saturated carbocycles. The Labute approximate surface area is 165 Å². The van der Waals surface area contributed by atoms with Crippen molar-refractivity contribution in [3.05, 3.63) is 64.7 Å². The molecular weight excluding hydrogens is 352 g/mol. The molecule has 1 amide bonds. The summed E-state index contributed by atoms with van der Waals surface area (Å²) >= 11 is 0. The third-order valence-electron chi connectivity index (χ3n) is 5.46. The van der Waals surface area contributed by atoms with Crippen molar-refractivity contribution in [2.45, 2.75) is 20.0 Å². The number of amides is 1. The normalized spacial score (nSPS) is 17.5. The molecule has 0 fully saturated rings. The van der Waals surface area contributed by atoms with Crippen LogP contribution in [0, 0.1) is 0 Å². The minimum absolute atomic E-state index is 0.0927. The van der Waals surface area contributed by atoms with Crippen molar-refractivity contribution in [1.29, 1.82) is 0 Å². The van der Waals surface area contributed by atoms with Crippen LogP contribution in [0.2, 0.25) is 0 Å². The number of nitrogens with zero attached hydrogens (tertiary/aromatic N) is 1. The number of hydrogen-bond donors (Lipinski definition) is 1. The number of benzene rings is 2. The lowest BCUT2D eigenvalue weighted by Crippen LogP contribution is -2.29. The Hall–Kier alpha value is -2.63. The second-order valence-electron chi connectivity index (χ2n) is 7.16. The molecule has 2 aromatic carbocycles. The topological polar surface area (TPSA) is 50.8 Å². The minimum Gasteiger partial charge on any atom is -0.487 e. The predicted octanol–water partition coefficient (Wildman–Crippen LogP) is 3.55. The smallest absolute Gasteiger partial charge is 0.260 e. The molecule has 146 valence electrons. The number of anilines is 1. The highest BCUT2D eigenvalue weighted by Crippen LogP contribution is 2.41. The van der Waals surface area contributed by atoms with Gasteiger partial charge in [0, 0.05) is 42.6 Å². The van der Waals surface area contributed by atoms with Crippen LogP contribution in [0.15, 0.2) is 42.5 Å². The number of fused-ring (bicyclic) bond motifs is 2. The number of hydrogen-bond acceptors (Lipinski definition) is 4. The maximum atomic E-state index is 12.5. The van der Waals surface area contributed by atoms with Crippen molar-refractivity contribution in [3.8, 4) is 0 Å². The summed E-state index contributed by atoms with van der Waals surface area (Å²) in [6.45, 7) is 6.41. The number of likely N-dealkylation sites (N-methyl/N-ethyl adjacent to an activating group) is 1. The average molecular weight is 378 g/mol. The van der Waals surface area contributed by atoms with Gasteiger partial charge in [-0.2, -0.15) is 0 Å². The van der Waals surface area contributed by atoms with Gasteiger partial charge in [-0.3, -0.25) is 4.79 Å². The van der Waals surface area contributed by atoms with Crippen LogP contribution in [-0.2, 0) is 27.3 Å². The lowest BCUT2D eigenvalue weighted by atomic mass is 9.98. The molecule has 4 rings (SSSR count). The highest BCUT2D eigenvalue weighted by Gasteiger charge is 2.32. The van der Waals surface area contributed by atoms with Crippen LogP contribution in [0.3, 0.4) is 0 Å². The Bertz CT molecular complexity index is 920. The zero-order valence-corrected chi connectivity index (χ0v) is 16.5. The predicted molar refractivity (Wildman–Crippen MR) is 111 cm³/mol. The van der Waals surface area contributed by atoms with Gasteiger partial charge in [-0.25, -0.2) is 0 Å². The highest BCUT2D eigenvalue weighted by atomic mass is 16.5. The molecule has 0 spiro atoms. The van der Waals surface area contributed by atoms with Crippen LogP contribution in [0.4, 0.5) is 5.69 Å². The lowest BCUT2D eigenvalue weighted by molar-refractivity contribution is -0.110. The molecule has 0 aromatic heterocycles. The Morgan fingerprint density at radius 3 is 2.82 bits per heavy atom. The first-order valence-electron chi connectivity index (χ1n) is 9.82. The monoisotopic (exact) mass is 378 g/mol. The maximum Gasteiger partial charge on any atom is 0.260 e. The first kappa shape index (κ1) is 18.7. The van der Waals surface area contributed by atoms with Gasteiger partial charge in [0.2, 0.25) is 0 Å². The summed E-state index contributed by atoms with van der Waals surface area (Å²) in [6, 6.07) is 14.2. The van der Waals surface area contributed by atoms with E-state index in [2.05, 4.69) is 35.3 Å². The van der Waals surface area contributed by atoms with Gasteiger partial charge in [0.15, 0.2) is 0 Å². The standard InChI is InChI=1S/C23H26N2O3/c1-3-25(12-13-27-2)11-10-16-8-9-18-17(14-16)15-28-22(18)21-19-6-4-5-7-20(19)24-23(21)26/h4-9,14H,3,10-13,15H2,1-2H3,(H,24,26). The number of para-hydroxylation sites is 1. The number of carbonyl (C=O) groups excluding carboxylic acids is 1. The van der Waals surface area contributed by atoms with Crippen LogP contribution >= 0.6 is 0 Å². The zero-order valence-electron chi connectivity index (χ0n) is 16.5. The highest BCUT2D eigenvalue weighted by molar-refractivity contribution is 6.36. The van der Waals surface area contributed by atoms with Gasteiger partial charge in [0.25, 0.3) is 5.91 Å². The summed E-state index contributed by atoms with van der Waals surface area (Å²) in [7, 11) is 1.74. The molecule has 0 bridgehead atoms. The Morgan fingerprint density at radius 1 is 1.14 bits per heavy atom. The number of rotatable bonds is 7. The summed E-state index contributed by atoms with van der Waals surface area (Å²) < 4.78 is 11.2. The van der Waals surface area contributed by atoms with E-state index in [4.69, 9.17) is 9.47 Å². The van der Waals surface area contributed by atoms with Crippen molar-refractivity contribution in [1.82, 2.24) is 4.90 Å². The minimum atomic E-state index is -0.0927. The molecule has 0 saturated heterocycles. The van der Waals surface area contributed by atoms with E-state index in [1.54, 1.807) is 7.11 Å². The molecule has 2 heterocycles. The third-order valence-corrected chi connectivity index (χ3v) is 5.46. The van der Waals surface area contributed by atoms with Crippen LogP contribution in [0.1, 0.15) is 29.2 Å². The molecule has 0 atom stereocenters. The van der Waals surface area contributed by atoms with Crippen LogP contribution in [0.5, 0.6) is 0 Å². The van der Waals surface area contributed by atoms with E-state index >= 15 is 0 Å². The van der Waals surface area contributed by atoms with Gasteiger partial charge < -0.3 is 19.7 Å². The lowest BCUT2D eigenvalue weighted by Gasteiger charge is -2.19. The van der Waals surface area contributed by atoms with E-state index in [0.29, 0.717) is 17.9 Å². The summed E-state index contributed by atoms with van der Waals surface area (Å²) in [6.07, 6.45) is 0.986. The van der Waals surface area contributed by atoms with Crippen molar-refractivity contribution >= 4 is 22.9 Å². The van der Waals surface area contributed by atoms with Crippen molar-refractivity contribution < 1.29 is 14.3 Å². The molecular formula is C23H26N2O3. The van der Waals surface area contributed by atoms with Gasteiger partial charge in [-0.15, -0.1) is 0 Å². The van der Waals surface area contributed by atoms with Gasteiger partial charge in [-0.1, -0.05) is 43.3 Å². The Balaban J connectivity index is 1.55. The molecule has 0 unspecified atom stereocenters. The molecule has 2 aliphatic rings. The summed E-state index contributed by atoms with van der Waals surface area (Å²) in [5, 5.41) is 2.93. The summed E-state index contributed by atoms with van der Waals surface area (Å²) in [5.74, 6) is 0.601. The van der Waals surface area contributed by atoms with E-state index in [-0.39, 0.29) is 5.91 Å². The van der Waals surface area contributed by atoms with Gasteiger partial charge in [0.05, 0.1) is 12.2 Å². The Kier molecular flexibility index (Phi) is 5.46. The number of carbonyl (C=O) groups is 1. The quantitative estimate of drug-likeness (QED) is 0.749. The van der Waals surface area contributed by atoms with Crippen LogP contribution in [-0.4, -0.2) is 44.2 Å². The van der Waals surface area contributed by atoms with E-state index < -0.39 is 0 Å². The largest absolute Gasteiger partial charge is 0.487 e. The number of ether oxygens (including phenoxy) is 2. The van der Waals surface area contributed by atoms with E-state index in [1.165, 1.54) is 5.56 Å². The molecule has 5 nitrogen and oxygen atoms in total. The molecule has 28 heavy (non-hydrogen) atoms. The molecule has 2 aliphatic heterocycles. The summed E-state index contributed by atoms with van der Waals surface area (Å²) in [5.41, 5.74) is 5.87. The zero-order chi connectivity index (χ0) is 19.5. The number of methoxy groups -OCH3 is 1. The van der Waals surface area contributed by atoms with Crippen molar-refractivity contribution in [3.63, 3.8) is 0 Å². The first-order valence-corrected chi connectivity index (χ1v) is 9.82. The fraction of sp³-hybridized carbons (Fsp3) is 0.348. The summed E-state index contributed by atoms with van der Waals surface area (Å²) in [4.78, 5) is 14.9.